The van der Waals surface area contributed by atoms with E-state index in [1.54, 1.807) is 4.90 Å². The van der Waals surface area contributed by atoms with Crippen molar-refractivity contribution >= 4 is 29.1 Å². The van der Waals surface area contributed by atoms with E-state index in [4.69, 9.17) is 27.9 Å². The molecule has 1 atom stereocenters. The predicted molar refractivity (Wildman–Crippen MR) is 74.0 cm³/mol. The Bertz CT molecular complexity index is 525. The highest BCUT2D eigenvalue weighted by atomic mass is 35.5. The molecule has 1 saturated heterocycles. The Morgan fingerprint density at radius 3 is 2.90 bits per heavy atom. The van der Waals surface area contributed by atoms with Crippen LogP contribution in [0.4, 0.5) is 0 Å². The maximum Gasteiger partial charge on any atom is 0.257 e. The summed E-state index contributed by atoms with van der Waals surface area (Å²) in [5, 5.41) is 16.6. The minimum Gasteiger partial charge on any atom is -0.394 e. The monoisotopic (exact) mass is 319 g/mol. The molecule has 1 fully saturated rings. The summed E-state index contributed by atoms with van der Waals surface area (Å²) >= 11 is 11.6. The van der Waals surface area contributed by atoms with Crippen molar-refractivity contribution in [3.8, 4) is 0 Å². The highest BCUT2D eigenvalue weighted by Gasteiger charge is 2.36. The van der Waals surface area contributed by atoms with E-state index < -0.39 is 11.7 Å². The summed E-state index contributed by atoms with van der Waals surface area (Å²) in [6.45, 7) is 4.23. The van der Waals surface area contributed by atoms with Gasteiger partial charge in [-0.15, -0.1) is 10.2 Å². The van der Waals surface area contributed by atoms with Gasteiger partial charge in [0.05, 0.1) is 23.9 Å². The molecule has 1 aliphatic rings. The SMILES string of the molecule is CC1(C)CN(C(=O)c2cc(Cl)nnc2Cl)CC(CO)O1. The summed E-state index contributed by atoms with van der Waals surface area (Å²) in [6, 6.07) is 1.38. The fourth-order valence-electron chi connectivity index (χ4n) is 2.22. The largest absolute Gasteiger partial charge is 0.394 e. The molecule has 6 nitrogen and oxygen atoms in total. The smallest absolute Gasteiger partial charge is 0.257 e. The number of nitrogens with zero attached hydrogens (tertiary/aromatic N) is 3. The number of hydrogen-bond donors (Lipinski definition) is 1. The zero-order valence-corrected chi connectivity index (χ0v) is 12.6. The number of ether oxygens (including phenoxy) is 1. The third kappa shape index (κ3) is 3.38. The van der Waals surface area contributed by atoms with Gasteiger partial charge in [0.1, 0.15) is 0 Å². The van der Waals surface area contributed by atoms with Crippen molar-refractivity contribution in [3.05, 3.63) is 21.9 Å². The van der Waals surface area contributed by atoms with Gasteiger partial charge >= 0.3 is 0 Å². The van der Waals surface area contributed by atoms with Gasteiger partial charge in [0, 0.05) is 13.1 Å². The first kappa shape index (κ1) is 15.4. The maximum absolute atomic E-state index is 12.5. The second-order valence-corrected chi connectivity index (χ2v) is 5.98. The normalized spacial score (nSPS) is 21.9. The van der Waals surface area contributed by atoms with Crippen LogP contribution in [0.15, 0.2) is 6.07 Å². The quantitative estimate of drug-likeness (QED) is 0.891. The molecule has 0 spiro atoms. The van der Waals surface area contributed by atoms with Crippen molar-refractivity contribution in [3.63, 3.8) is 0 Å². The van der Waals surface area contributed by atoms with Crippen LogP contribution in [0.25, 0.3) is 0 Å². The molecule has 1 aliphatic heterocycles. The Morgan fingerprint density at radius 2 is 2.25 bits per heavy atom. The Balaban J connectivity index is 2.25. The standard InChI is InChI=1S/C12H15Cl2N3O3/c1-12(2)6-17(4-7(5-18)20-12)11(19)8-3-9(13)15-16-10(8)14/h3,7,18H,4-6H2,1-2H3. The highest BCUT2D eigenvalue weighted by molar-refractivity contribution is 6.34. The number of carbonyl (C=O) groups is 1. The van der Waals surface area contributed by atoms with Crippen LogP contribution in [-0.4, -0.2) is 57.5 Å². The highest BCUT2D eigenvalue weighted by Crippen LogP contribution is 2.24. The third-order valence-corrected chi connectivity index (χ3v) is 3.39. The van der Waals surface area contributed by atoms with Gasteiger partial charge in [-0.05, 0) is 19.9 Å². The Hall–Kier alpha value is -0.950. The van der Waals surface area contributed by atoms with E-state index in [9.17, 15) is 9.90 Å². The summed E-state index contributed by atoms with van der Waals surface area (Å²) in [6.07, 6.45) is -0.424. The van der Waals surface area contributed by atoms with E-state index >= 15 is 0 Å². The lowest BCUT2D eigenvalue weighted by molar-refractivity contribution is -0.139. The zero-order chi connectivity index (χ0) is 14.9. The molecule has 0 aliphatic carbocycles. The Labute approximate surface area is 126 Å². The fraction of sp³-hybridized carbons (Fsp3) is 0.583. The fourth-order valence-corrected chi connectivity index (χ4v) is 2.54. The lowest BCUT2D eigenvalue weighted by Crippen LogP contribution is -2.55. The summed E-state index contributed by atoms with van der Waals surface area (Å²) in [5.41, 5.74) is -0.348. The summed E-state index contributed by atoms with van der Waals surface area (Å²) in [5.74, 6) is -0.304. The van der Waals surface area contributed by atoms with Crippen LogP contribution in [0, 0.1) is 0 Å². The number of morpholine rings is 1. The van der Waals surface area contributed by atoms with Gasteiger partial charge in [0.25, 0.3) is 5.91 Å². The van der Waals surface area contributed by atoms with Crippen molar-refractivity contribution in [2.75, 3.05) is 19.7 Å². The number of aliphatic hydroxyl groups excluding tert-OH is 1. The van der Waals surface area contributed by atoms with Gasteiger partial charge in [-0.3, -0.25) is 4.79 Å². The molecule has 8 heteroatoms. The molecule has 1 N–H and O–H groups in total. The lowest BCUT2D eigenvalue weighted by atomic mass is 10.0. The molecule has 2 heterocycles. The molecular weight excluding hydrogens is 305 g/mol. The van der Waals surface area contributed by atoms with E-state index in [1.807, 2.05) is 13.8 Å². The van der Waals surface area contributed by atoms with Gasteiger partial charge in [0.2, 0.25) is 0 Å². The minimum atomic E-state index is -0.544. The molecule has 0 aromatic carbocycles. The minimum absolute atomic E-state index is 0.00393. The van der Waals surface area contributed by atoms with Crippen LogP contribution < -0.4 is 0 Å². The predicted octanol–water partition coefficient (Wildman–Crippen LogP) is 1.40. The van der Waals surface area contributed by atoms with Crippen LogP contribution in [0.1, 0.15) is 24.2 Å². The van der Waals surface area contributed by atoms with Crippen LogP contribution in [0.5, 0.6) is 0 Å². The molecule has 0 radical (unpaired) electrons. The van der Waals surface area contributed by atoms with Crippen molar-refractivity contribution < 1.29 is 14.6 Å². The van der Waals surface area contributed by atoms with Crippen LogP contribution in [0.2, 0.25) is 10.3 Å². The molecule has 1 amide bonds. The number of halogens is 2. The number of rotatable bonds is 2. The third-order valence-electron chi connectivity index (χ3n) is 2.92. The molecule has 110 valence electrons. The Morgan fingerprint density at radius 1 is 1.55 bits per heavy atom. The molecule has 2 rings (SSSR count). The van der Waals surface area contributed by atoms with Crippen molar-refractivity contribution in [2.24, 2.45) is 0 Å². The van der Waals surface area contributed by atoms with Gasteiger partial charge in [-0.1, -0.05) is 23.2 Å². The zero-order valence-electron chi connectivity index (χ0n) is 11.1. The number of amides is 1. The molecule has 1 unspecified atom stereocenters. The maximum atomic E-state index is 12.5. The van der Waals surface area contributed by atoms with Gasteiger partial charge < -0.3 is 14.7 Å². The van der Waals surface area contributed by atoms with Crippen LogP contribution in [-0.2, 0) is 4.74 Å². The topological polar surface area (TPSA) is 75.6 Å². The average Bonchev–Trinajstić information content (AvgIpc) is 2.38. The Kier molecular flexibility index (Phi) is 4.49. The van der Waals surface area contributed by atoms with E-state index in [0.29, 0.717) is 6.54 Å². The second kappa shape index (κ2) is 5.81. The van der Waals surface area contributed by atoms with E-state index in [2.05, 4.69) is 10.2 Å². The first-order valence-corrected chi connectivity index (χ1v) is 6.84. The van der Waals surface area contributed by atoms with Crippen molar-refractivity contribution in [2.45, 2.75) is 25.6 Å². The second-order valence-electron chi connectivity index (χ2n) is 5.24. The molecule has 0 bridgehead atoms. The molecule has 1 aromatic rings. The molecule has 1 aromatic heterocycles. The van der Waals surface area contributed by atoms with E-state index in [-0.39, 0.29) is 34.9 Å². The van der Waals surface area contributed by atoms with Gasteiger partial charge in [-0.2, -0.15) is 0 Å². The van der Waals surface area contributed by atoms with Crippen LogP contribution in [0.3, 0.4) is 0 Å². The molecule has 20 heavy (non-hydrogen) atoms. The summed E-state index contributed by atoms with van der Waals surface area (Å²) in [7, 11) is 0. The van der Waals surface area contributed by atoms with Crippen molar-refractivity contribution in [1.82, 2.24) is 15.1 Å². The number of aromatic nitrogens is 2. The first-order chi connectivity index (χ1) is 9.32. The van der Waals surface area contributed by atoms with Crippen LogP contribution >= 0.6 is 23.2 Å². The number of hydrogen-bond acceptors (Lipinski definition) is 5. The average molecular weight is 320 g/mol. The lowest BCUT2D eigenvalue weighted by Gasteiger charge is -2.42. The number of carbonyl (C=O) groups excluding carboxylic acids is 1. The van der Waals surface area contributed by atoms with E-state index in [1.165, 1.54) is 6.07 Å². The summed E-state index contributed by atoms with van der Waals surface area (Å²) in [4.78, 5) is 14.1. The summed E-state index contributed by atoms with van der Waals surface area (Å²) < 4.78 is 5.66. The van der Waals surface area contributed by atoms with Gasteiger partial charge in [0.15, 0.2) is 10.3 Å². The van der Waals surface area contributed by atoms with Gasteiger partial charge in [-0.25, -0.2) is 0 Å². The molecule has 0 saturated carbocycles. The van der Waals surface area contributed by atoms with E-state index in [0.717, 1.165) is 0 Å². The van der Waals surface area contributed by atoms with Crippen molar-refractivity contribution in [1.29, 1.82) is 0 Å². The molecular formula is C12H15Cl2N3O3. The number of aliphatic hydroxyl groups is 1. The first-order valence-electron chi connectivity index (χ1n) is 6.09.